The van der Waals surface area contributed by atoms with Crippen LogP contribution < -0.4 is 5.69 Å². The third kappa shape index (κ3) is 1.58. The summed E-state index contributed by atoms with van der Waals surface area (Å²) in [4.78, 5) is 22.6. The summed E-state index contributed by atoms with van der Waals surface area (Å²) in [6, 6.07) is -0.170. The molecule has 0 bridgehead atoms. The summed E-state index contributed by atoms with van der Waals surface area (Å²) in [5.41, 5.74) is -0.131. The van der Waals surface area contributed by atoms with E-state index >= 15 is 0 Å². The molecule has 2 unspecified atom stereocenters. The van der Waals surface area contributed by atoms with E-state index in [0.29, 0.717) is 6.42 Å². The first-order valence-corrected chi connectivity index (χ1v) is 5.07. The van der Waals surface area contributed by atoms with Crippen LogP contribution in [0.25, 0.3) is 0 Å². The number of imidazole rings is 1. The molecule has 0 amide bonds. The number of nitrogens with zero attached hydrogens (tertiary/aromatic N) is 2. The number of hydrogen-bond acceptors (Lipinski definition) is 2. The molecule has 1 aromatic heterocycles. The monoisotopic (exact) mass is 210 g/mol. The van der Waals surface area contributed by atoms with E-state index in [1.165, 1.54) is 4.57 Å². The van der Waals surface area contributed by atoms with Gasteiger partial charge in [0.2, 0.25) is 0 Å². The number of carboxylic acid groups (broad SMARTS) is 1. The van der Waals surface area contributed by atoms with Gasteiger partial charge in [-0.2, -0.15) is 0 Å². The highest BCUT2D eigenvalue weighted by molar-refractivity contribution is 5.71. The summed E-state index contributed by atoms with van der Waals surface area (Å²) in [5, 5.41) is 9.02. The lowest BCUT2D eigenvalue weighted by molar-refractivity contribution is -0.142. The van der Waals surface area contributed by atoms with Crippen LogP contribution in [-0.2, 0) is 11.8 Å². The first kappa shape index (κ1) is 10.0. The topological polar surface area (TPSA) is 64.2 Å². The third-order valence-electron chi connectivity index (χ3n) is 3.13. The summed E-state index contributed by atoms with van der Waals surface area (Å²) >= 11 is 0. The van der Waals surface area contributed by atoms with Gasteiger partial charge < -0.3 is 9.67 Å². The minimum Gasteiger partial charge on any atom is -0.481 e. The molecular formula is C10H14N2O3. The number of hydrogen-bond donors (Lipinski definition) is 1. The van der Waals surface area contributed by atoms with Gasteiger partial charge in [0.05, 0.1) is 12.0 Å². The van der Waals surface area contributed by atoms with E-state index in [2.05, 4.69) is 0 Å². The van der Waals surface area contributed by atoms with Crippen LogP contribution in [0.15, 0.2) is 17.2 Å². The maximum absolute atomic E-state index is 11.7. The van der Waals surface area contributed by atoms with Gasteiger partial charge >= 0.3 is 11.7 Å². The van der Waals surface area contributed by atoms with E-state index in [-0.39, 0.29) is 11.7 Å². The zero-order valence-electron chi connectivity index (χ0n) is 8.59. The van der Waals surface area contributed by atoms with E-state index in [1.54, 1.807) is 24.0 Å². The van der Waals surface area contributed by atoms with Crippen molar-refractivity contribution in [2.75, 3.05) is 0 Å². The Hall–Kier alpha value is -1.52. The summed E-state index contributed by atoms with van der Waals surface area (Å²) in [6.45, 7) is 0. The van der Waals surface area contributed by atoms with Crippen molar-refractivity contribution in [3.8, 4) is 0 Å². The van der Waals surface area contributed by atoms with Crippen molar-refractivity contribution in [3.05, 3.63) is 22.9 Å². The molecule has 15 heavy (non-hydrogen) atoms. The van der Waals surface area contributed by atoms with Crippen LogP contribution in [0, 0.1) is 5.92 Å². The molecule has 1 heterocycles. The first-order valence-electron chi connectivity index (χ1n) is 5.07. The van der Waals surface area contributed by atoms with Crippen molar-refractivity contribution in [3.63, 3.8) is 0 Å². The highest BCUT2D eigenvalue weighted by Gasteiger charge is 2.34. The SMILES string of the molecule is Cn1ccn(C2CCCC2C(=O)O)c1=O. The molecule has 1 aliphatic rings. The number of rotatable bonds is 2. The van der Waals surface area contributed by atoms with Crippen molar-refractivity contribution in [2.45, 2.75) is 25.3 Å². The average Bonchev–Trinajstić information content (AvgIpc) is 2.75. The van der Waals surface area contributed by atoms with Gasteiger partial charge in [0.25, 0.3) is 0 Å². The summed E-state index contributed by atoms with van der Waals surface area (Å²) in [5.74, 6) is -1.21. The van der Waals surface area contributed by atoms with Crippen molar-refractivity contribution in [1.29, 1.82) is 0 Å². The maximum atomic E-state index is 11.7. The van der Waals surface area contributed by atoms with E-state index in [4.69, 9.17) is 5.11 Å². The molecule has 0 aliphatic heterocycles. The van der Waals surface area contributed by atoms with Gasteiger partial charge in [-0.25, -0.2) is 4.79 Å². The van der Waals surface area contributed by atoms with Crippen LogP contribution in [0.2, 0.25) is 0 Å². The van der Waals surface area contributed by atoms with Gasteiger partial charge in [-0.15, -0.1) is 0 Å². The second-order valence-corrected chi connectivity index (χ2v) is 4.04. The number of carboxylic acids is 1. The Morgan fingerprint density at radius 3 is 2.73 bits per heavy atom. The molecule has 0 spiro atoms. The van der Waals surface area contributed by atoms with Crippen LogP contribution >= 0.6 is 0 Å². The molecule has 5 nitrogen and oxygen atoms in total. The van der Waals surface area contributed by atoms with E-state index in [0.717, 1.165) is 12.8 Å². The second kappa shape index (κ2) is 3.56. The molecule has 1 aromatic rings. The minimum absolute atomic E-state index is 0.131. The molecule has 2 rings (SSSR count). The van der Waals surface area contributed by atoms with Crippen LogP contribution in [0.1, 0.15) is 25.3 Å². The predicted octanol–water partition coefficient (Wildman–Crippen LogP) is 0.613. The van der Waals surface area contributed by atoms with Crippen molar-refractivity contribution in [1.82, 2.24) is 9.13 Å². The van der Waals surface area contributed by atoms with Crippen LogP contribution in [0.5, 0.6) is 0 Å². The Balaban J connectivity index is 2.35. The largest absolute Gasteiger partial charge is 0.481 e. The van der Waals surface area contributed by atoms with Crippen LogP contribution in [-0.4, -0.2) is 20.2 Å². The molecule has 1 N–H and O–H groups in total. The lowest BCUT2D eigenvalue weighted by Crippen LogP contribution is -2.30. The summed E-state index contributed by atoms with van der Waals surface area (Å²) < 4.78 is 3.02. The van der Waals surface area contributed by atoms with E-state index in [9.17, 15) is 9.59 Å². The highest BCUT2D eigenvalue weighted by atomic mass is 16.4. The quantitative estimate of drug-likeness (QED) is 0.778. The summed E-state index contributed by atoms with van der Waals surface area (Å²) in [6.07, 6.45) is 5.67. The van der Waals surface area contributed by atoms with Crippen LogP contribution in [0.3, 0.4) is 0 Å². The van der Waals surface area contributed by atoms with Gasteiger partial charge in [0.15, 0.2) is 0 Å². The van der Waals surface area contributed by atoms with Crippen molar-refractivity contribution >= 4 is 5.97 Å². The fourth-order valence-electron chi connectivity index (χ4n) is 2.30. The normalized spacial score (nSPS) is 25.7. The minimum atomic E-state index is -0.798. The van der Waals surface area contributed by atoms with Crippen molar-refractivity contribution in [2.24, 2.45) is 13.0 Å². The molecular weight excluding hydrogens is 196 g/mol. The second-order valence-electron chi connectivity index (χ2n) is 4.04. The van der Waals surface area contributed by atoms with Crippen LogP contribution in [0.4, 0.5) is 0 Å². The Labute approximate surface area is 86.9 Å². The molecule has 82 valence electrons. The van der Waals surface area contributed by atoms with E-state index in [1.807, 2.05) is 0 Å². The first-order chi connectivity index (χ1) is 7.11. The molecule has 2 atom stereocenters. The molecule has 0 radical (unpaired) electrons. The lowest BCUT2D eigenvalue weighted by Gasteiger charge is -2.16. The van der Waals surface area contributed by atoms with Gasteiger partial charge in [-0.1, -0.05) is 6.42 Å². The average molecular weight is 210 g/mol. The highest BCUT2D eigenvalue weighted by Crippen LogP contribution is 2.34. The van der Waals surface area contributed by atoms with Gasteiger partial charge in [0.1, 0.15) is 0 Å². The zero-order chi connectivity index (χ0) is 11.0. The molecule has 1 aliphatic carbocycles. The number of aryl methyl sites for hydroxylation is 1. The molecule has 0 saturated heterocycles. The molecule has 1 saturated carbocycles. The third-order valence-corrected chi connectivity index (χ3v) is 3.13. The van der Waals surface area contributed by atoms with Gasteiger partial charge in [0, 0.05) is 19.4 Å². The fraction of sp³-hybridized carbons (Fsp3) is 0.600. The zero-order valence-corrected chi connectivity index (χ0v) is 8.59. The van der Waals surface area contributed by atoms with E-state index < -0.39 is 11.9 Å². The maximum Gasteiger partial charge on any atom is 0.328 e. The van der Waals surface area contributed by atoms with Gasteiger partial charge in [-0.3, -0.25) is 9.36 Å². The Morgan fingerprint density at radius 1 is 1.47 bits per heavy atom. The van der Waals surface area contributed by atoms with Crippen molar-refractivity contribution < 1.29 is 9.90 Å². The molecule has 5 heteroatoms. The molecule has 0 aromatic carbocycles. The standard InChI is InChI=1S/C10H14N2O3/c1-11-5-6-12(10(11)15)8-4-2-3-7(8)9(13)14/h5-8H,2-4H2,1H3,(H,13,14). The number of aliphatic carboxylic acids is 1. The fourth-order valence-corrected chi connectivity index (χ4v) is 2.30. The smallest absolute Gasteiger partial charge is 0.328 e. The lowest BCUT2D eigenvalue weighted by atomic mass is 10.0. The Morgan fingerprint density at radius 2 is 2.20 bits per heavy atom. The Bertz CT molecular complexity index is 432. The Kier molecular flexibility index (Phi) is 2.38. The molecule has 1 fully saturated rings. The number of carbonyl (C=O) groups is 1. The predicted molar refractivity (Wildman–Crippen MR) is 53.7 cm³/mol. The number of aromatic nitrogens is 2. The van der Waals surface area contributed by atoms with Gasteiger partial charge in [-0.05, 0) is 12.8 Å². The summed E-state index contributed by atoms with van der Waals surface area (Å²) in [7, 11) is 1.67.